The van der Waals surface area contributed by atoms with Crippen LogP contribution in [0.4, 0.5) is 8.78 Å². The highest BCUT2D eigenvalue weighted by Gasteiger charge is 2.14. The van der Waals surface area contributed by atoms with Crippen LogP contribution in [0.3, 0.4) is 0 Å². The van der Waals surface area contributed by atoms with E-state index in [0.29, 0.717) is 31.2 Å². The summed E-state index contributed by atoms with van der Waals surface area (Å²) in [5.74, 6) is -0.587. The Labute approximate surface area is 182 Å². The lowest BCUT2D eigenvalue weighted by atomic mass is 10.1. The molecule has 0 amide bonds. The number of hydrogen-bond donors (Lipinski definition) is 2. The Morgan fingerprint density at radius 1 is 1.13 bits per heavy atom. The van der Waals surface area contributed by atoms with Gasteiger partial charge in [0, 0.05) is 31.4 Å². The first-order chi connectivity index (χ1) is 15.0. The number of benzene rings is 2. The molecule has 0 bridgehead atoms. The zero-order valence-electron chi connectivity index (χ0n) is 18.2. The minimum Gasteiger partial charge on any atom is -0.381 e. The molecule has 2 aromatic rings. The van der Waals surface area contributed by atoms with Gasteiger partial charge in [-0.2, -0.15) is 0 Å². The summed E-state index contributed by atoms with van der Waals surface area (Å²) in [6.45, 7) is 7.08. The molecule has 1 heterocycles. The van der Waals surface area contributed by atoms with Crippen LogP contribution < -0.4 is 10.6 Å². The van der Waals surface area contributed by atoms with Gasteiger partial charge in [-0.15, -0.1) is 0 Å². The number of halogens is 2. The van der Waals surface area contributed by atoms with Crippen LogP contribution >= 0.6 is 0 Å². The van der Waals surface area contributed by atoms with E-state index >= 15 is 0 Å². The average Bonchev–Trinajstić information content (AvgIpc) is 2.77. The van der Waals surface area contributed by atoms with E-state index in [-0.39, 0.29) is 12.1 Å². The molecule has 0 spiro atoms. The van der Waals surface area contributed by atoms with Crippen molar-refractivity contribution in [3.63, 3.8) is 0 Å². The molecule has 7 heteroatoms. The van der Waals surface area contributed by atoms with Gasteiger partial charge in [-0.05, 0) is 43.9 Å². The molecule has 2 aromatic carbocycles. The van der Waals surface area contributed by atoms with Gasteiger partial charge in [0.2, 0.25) is 0 Å². The molecule has 0 aromatic heterocycles. The predicted octanol–water partition coefficient (Wildman–Crippen LogP) is 4.48. The van der Waals surface area contributed by atoms with Crippen molar-refractivity contribution in [2.75, 3.05) is 19.8 Å². The van der Waals surface area contributed by atoms with E-state index in [9.17, 15) is 8.78 Å². The Balaban J connectivity index is 1.55. The number of rotatable bonds is 8. The summed E-state index contributed by atoms with van der Waals surface area (Å²) in [5, 5.41) is 6.34. The molecule has 5 nitrogen and oxygen atoms in total. The van der Waals surface area contributed by atoms with Gasteiger partial charge in [0.1, 0.15) is 11.6 Å². The van der Waals surface area contributed by atoms with Crippen LogP contribution in [0.25, 0.3) is 0 Å². The summed E-state index contributed by atoms with van der Waals surface area (Å²) in [7, 11) is 0. The molecule has 0 aliphatic carbocycles. The topological polar surface area (TPSA) is 54.9 Å². The second-order valence-corrected chi connectivity index (χ2v) is 7.67. The molecule has 1 unspecified atom stereocenters. The number of nitrogens with one attached hydrogen (secondary N) is 2. The Morgan fingerprint density at radius 2 is 1.84 bits per heavy atom. The van der Waals surface area contributed by atoms with Crippen LogP contribution in [0.15, 0.2) is 47.5 Å². The maximum Gasteiger partial charge on any atom is 0.192 e. The van der Waals surface area contributed by atoms with E-state index in [0.717, 1.165) is 43.2 Å². The van der Waals surface area contributed by atoms with Crippen LogP contribution in [0.1, 0.15) is 49.4 Å². The zero-order chi connectivity index (χ0) is 22.1. The van der Waals surface area contributed by atoms with Gasteiger partial charge in [0.05, 0.1) is 25.3 Å². The monoisotopic (exact) mass is 431 g/mol. The van der Waals surface area contributed by atoms with Gasteiger partial charge in [0.15, 0.2) is 5.96 Å². The molecule has 1 atom stereocenters. The first-order valence-electron chi connectivity index (χ1n) is 10.8. The van der Waals surface area contributed by atoms with Crippen molar-refractivity contribution in [1.29, 1.82) is 0 Å². The molecule has 0 saturated carbocycles. The Kier molecular flexibility index (Phi) is 8.79. The smallest absolute Gasteiger partial charge is 0.192 e. The second kappa shape index (κ2) is 11.8. The fraction of sp³-hybridized carbons (Fsp3) is 0.458. The van der Waals surface area contributed by atoms with E-state index in [1.165, 1.54) is 12.1 Å². The molecule has 2 N–H and O–H groups in total. The van der Waals surface area contributed by atoms with E-state index in [2.05, 4.69) is 27.8 Å². The average molecular weight is 432 g/mol. The van der Waals surface area contributed by atoms with E-state index in [4.69, 9.17) is 9.47 Å². The lowest BCUT2D eigenvalue weighted by Crippen LogP contribution is -2.39. The Bertz CT molecular complexity index is 852. The quantitative estimate of drug-likeness (QED) is 0.478. The predicted molar refractivity (Wildman–Crippen MR) is 118 cm³/mol. The Morgan fingerprint density at radius 3 is 2.52 bits per heavy atom. The lowest BCUT2D eigenvalue weighted by molar-refractivity contribution is -0.0390. The third kappa shape index (κ3) is 7.29. The number of aliphatic imine (C=N–C) groups is 1. The molecule has 31 heavy (non-hydrogen) atoms. The normalized spacial score (nSPS) is 16.2. The maximum absolute atomic E-state index is 14.1. The number of nitrogens with zero attached hydrogens (tertiary/aromatic N) is 1. The van der Waals surface area contributed by atoms with E-state index < -0.39 is 11.6 Å². The molecule has 168 valence electrons. The fourth-order valence-electron chi connectivity index (χ4n) is 3.42. The highest BCUT2D eigenvalue weighted by molar-refractivity contribution is 5.80. The van der Waals surface area contributed by atoms with Gasteiger partial charge >= 0.3 is 0 Å². The Hall–Kier alpha value is -2.51. The van der Waals surface area contributed by atoms with Crippen molar-refractivity contribution in [3.05, 3.63) is 70.8 Å². The van der Waals surface area contributed by atoms with Gasteiger partial charge in [-0.3, -0.25) is 0 Å². The third-order valence-electron chi connectivity index (χ3n) is 5.22. The SMILES string of the molecule is CCNC(=NCc1ccc(COC2CCOCC2)cc1)NC(C)c1ccc(F)cc1F. The molecule has 0 radical (unpaired) electrons. The number of hydrogen-bond acceptors (Lipinski definition) is 3. The van der Waals surface area contributed by atoms with Crippen molar-refractivity contribution in [1.82, 2.24) is 10.6 Å². The summed E-state index contributed by atoms with van der Waals surface area (Å²) >= 11 is 0. The largest absolute Gasteiger partial charge is 0.381 e. The first kappa shape index (κ1) is 23.2. The maximum atomic E-state index is 14.1. The third-order valence-corrected chi connectivity index (χ3v) is 5.22. The highest BCUT2D eigenvalue weighted by Crippen LogP contribution is 2.18. The van der Waals surface area contributed by atoms with Crippen LogP contribution in [-0.4, -0.2) is 31.8 Å². The van der Waals surface area contributed by atoms with Crippen molar-refractivity contribution in [2.45, 2.75) is 52.0 Å². The van der Waals surface area contributed by atoms with Crippen molar-refractivity contribution in [3.8, 4) is 0 Å². The lowest BCUT2D eigenvalue weighted by Gasteiger charge is -2.22. The molecule has 1 aliphatic heterocycles. The standard InChI is InChI=1S/C24H31F2N3O2/c1-3-27-24(29-17(2)22-9-8-20(25)14-23(22)26)28-15-18-4-6-19(7-5-18)16-31-21-10-12-30-13-11-21/h4-9,14,17,21H,3,10-13,15-16H2,1-2H3,(H2,27,28,29). The van der Waals surface area contributed by atoms with Gasteiger partial charge in [0.25, 0.3) is 0 Å². The van der Waals surface area contributed by atoms with E-state index in [1.807, 2.05) is 26.0 Å². The van der Waals surface area contributed by atoms with Gasteiger partial charge in [-0.1, -0.05) is 30.3 Å². The number of ether oxygens (including phenoxy) is 2. The van der Waals surface area contributed by atoms with Gasteiger partial charge in [-0.25, -0.2) is 13.8 Å². The van der Waals surface area contributed by atoms with Crippen LogP contribution in [0.5, 0.6) is 0 Å². The van der Waals surface area contributed by atoms with Crippen molar-refractivity contribution < 1.29 is 18.3 Å². The minimum atomic E-state index is -0.587. The number of guanidine groups is 1. The summed E-state index contributed by atoms with van der Waals surface area (Å²) in [5.41, 5.74) is 2.58. The van der Waals surface area contributed by atoms with Crippen molar-refractivity contribution >= 4 is 5.96 Å². The summed E-state index contributed by atoms with van der Waals surface area (Å²) in [6.07, 6.45) is 2.18. The molecule has 1 fully saturated rings. The van der Waals surface area contributed by atoms with Crippen LogP contribution in [0.2, 0.25) is 0 Å². The summed E-state index contributed by atoms with van der Waals surface area (Å²) < 4.78 is 38.5. The first-order valence-corrected chi connectivity index (χ1v) is 10.8. The molecule has 3 rings (SSSR count). The molecular weight excluding hydrogens is 400 g/mol. The van der Waals surface area contributed by atoms with Crippen molar-refractivity contribution in [2.24, 2.45) is 4.99 Å². The van der Waals surface area contributed by atoms with Crippen LogP contribution in [-0.2, 0) is 22.6 Å². The summed E-state index contributed by atoms with van der Waals surface area (Å²) in [4.78, 5) is 4.60. The second-order valence-electron chi connectivity index (χ2n) is 7.67. The molecule has 1 aliphatic rings. The minimum absolute atomic E-state index is 0.278. The summed E-state index contributed by atoms with van der Waals surface area (Å²) in [6, 6.07) is 11.4. The zero-order valence-corrected chi connectivity index (χ0v) is 18.2. The molecule has 1 saturated heterocycles. The highest BCUT2D eigenvalue weighted by atomic mass is 19.1. The van der Waals surface area contributed by atoms with Gasteiger partial charge < -0.3 is 20.1 Å². The fourth-order valence-corrected chi connectivity index (χ4v) is 3.42. The van der Waals surface area contributed by atoms with Crippen LogP contribution in [0, 0.1) is 11.6 Å². The van der Waals surface area contributed by atoms with E-state index in [1.54, 1.807) is 0 Å². The molecular formula is C24H31F2N3O2.